The Kier molecular flexibility index (Phi) is 7.77. The molecule has 2 N–H and O–H groups in total. The molecule has 20 heavy (non-hydrogen) atoms. The fourth-order valence-electron chi connectivity index (χ4n) is 2.21. The van der Waals surface area contributed by atoms with Gasteiger partial charge in [0.2, 0.25) is 0 Å². The Hall–Kier alpha value is -1.52. The molecule has 0 aliphatic heterocycles. The largest absolute Gasteiger partial charge is 0.338 e. The lowest BCUT2D eigenvalue weighted by Crippen LogP contribution is -2.43. The van der Waals surface area contributed by atoms with Crippen LogP contribution in [-0.4, -0.2) is 28.2 Å². The smallest absolute Gasteiger partial charge is 0.315 e. The maximum atomic E-state index is 11.8. The number of nitrogens with one attached hydrogen (secondary N) is 2. The summed E-state index contributed by atoms with van der Waals surface area (Å²) in [7, 11) is 0. The van der Waals surface area contributed by atoms with E-state index in [1.807, 2.05) is 17.7 Å². The van der Waals surface area contributed by atoms with E-state index in [9.17, 15) is 4.79 Å². The van der Waals surface area contributed by atoms with Crippen LogP contribution in [0.4, 0.5) is 4.79 Å². The van der Waals surface area contributed by atoms with Gasteiger partial charge in [0.05, 0.1) is 6.33 Å². The topological polar surface area (TPSA) is 59.0 Å². The monoisotopic (exact) mass is 280 g/mol. The molecule has 5 nitrogen and oxygen atoms in total. The van der Waals surface area contributed by atoms with E-state index in [0.717, 1.165) is 19.5 Å². The Morgan fingerprint density at radius 2 is 2.20 bits per heavy atom. The number of carbonyl (C=O) groups excluding carboxylic acids is 1. The van der Waals surface area contributed by atoms with Gasteiger partial charge in [-0.3, -0.25) is 0 Å². The van der Waals surface area contributed by atoms with E-state index in [4.69, 9.17) is 0 Å². The standard InChI is InChI=1S/C15H28N4O/c1-4-6-7-14(5-2)10-17-15(20)18-13(3)11-19-9-8-16-12-19/h8-9,12-14H,4-7,10-11H2,1-3H3,(H2,17,18,20)/t13-,14+/m0/s1. The molecule has 114 valence electrons. The van der Waals surface area contributed by atoms with Crippen molar-refractivity contribution >= 4 is 6.03 Å². The summed E-state index contributed by atoms with van der Waals surface area (Å²) in [5.74, 6) is 0.588. The van der Waals surface area contributed by atoms with Crippen LogP contribution >= 0.6 is 0 Å². The van der Waals surface area contributed by atoms with Crippen molar-refractivity contribution in [3.63, 3.8) is 0 Å². The van der Waals surface area contributed by atoms with Crippen LogP contribution in [0.5, 0.6) is 0 Å². The lowest BCUT2D eigenvalue weighted by molar-refractivity contribution is 0.233. The Bertz CT molecular complexity index is 364. The summed E-state index contributed by atoms with van der Waals surface area (Å²) in [4.78, 5) is 15.8. The average molecular weight is 280 g/mol. The summed E-state index contributed by atoms with van der Waals surface area (Å²) in [6.45, 7) is 7.88. The maximum Gasteiger partial charge on any atom is 0.315 e. The van der Waals surface area contributed by atoms with E-state index in [0.29, 0.717) is 5.92 Å². The molecule has 0 aliphatic carbocycles. The molecule has 0 spiro atoms. The first-order valence-electron chi connectivity index (χ1n) is 7.65. The van der Waals surface area contributed by atoms with Crippen LogP contribution in [0.2, 0.25) is 0 Å². The van der Waals surface area contributed by atoms with Gasteiger partial charge in [0.25, 0.3) is 0 Å². The summed E-state index contributed by atoms with van der Waals surface area (Å²) in [6.07, 6.45) is 10.2. The molecule has 0 radical (unpaired) electrons. The average Bonchev–Trinajstić information content (AvgIpc) is 2.91. The van der Waals surface area contributed by atoms with Crippen LogP contribution in [0.25, 0.3) is 0 Å². The second kappa shape index (κ2) is 9.39. The molecule has 0 unspecified atom stereocenters. The van der Waals surface area contributed by atoms with Crippen molar-refractivity contribution in [2.45, 2.75) is 59.0 Å². The molecule has 1 aromatic heterocycles. The highest BCUT2D eigenvalue weighted by Crippen LogP contribution is 2.10. The highest BCUT2D eigenvalue weighted by atomic mass is 16.2. The van der Waals surface area contributed by atoms with Gasteiger partial charge >= 0.3 is 6.03 Å². The summed E-state index contributed by atoms with van der Waals surface area (Å²) in [5.41, 5.74) is 0. The first-order chi connectivity index (χ1) is 9.65. The van der Waals surface area contributed by atoms with Crippen molar-refractivity contribution in [1.82, 2.24) is 20.2 Å². The van der Waals surface area contributed by atoms with Gasteiger partial charge < -0.3 is 15.2 Å². The minimum absolute atomic E-state index is 0.0763. The van der Waals surface area contributed by atoms with Gasteiger partial charge in [-0.2, -0.15) is 0 Å². The molecule has 2 amide bonds. The van der Waals surface area contributed by atoms with Gasteiger partial charge in [0.15, 0.2) is 0 Å². The van der Waals surface area contributed by atoms with Crippen molar-refractivity contribution in [1.29, 1.82) is 0 Å². The van der Waals surface area contributed by atoms with Crippen LogP contribution in [0.3, 0.4) is 0 Å². The van der Waals surface area contributed by atoms with Crippen molar-refractivity contribution in [2.75, 3.05) is 6.54 Å². The van der Waals surface area contributed by atoms with E-state index >= 15 is 0 Å². The van der Waals surface area contributed by atoms with Crippen molar-refractivity contribution in [3.8, 4) is 0 Å². The van der Waals surface area contributed by atoms with Crippen LogP contribution in [0.1, 0.15) is 46.5 Å². The summed E-state index contributed by atoms with van der Waals surface area (Å²) in [6, 6.07) is 0.00693. The van der Waals surface area contributed by atoms with Crippen LogP contribution < -0.4 is 10.6 Å². The van der Waals surface area contributed by atoms with Gasteiger partial charge in [-0.15, -0.1) is 0 Å². The normalized spacial score (nSPS) is 13.8. The van der Waals surface area contributed by atoms with Crippen molar-refractivity contribution < 1.29 is 4.79 Å². The molecule has 1 heterocycles. The minimum Gasteiger partial charge on any atom is -0.338 e. The van der Waals surface area contributed by atoms with Crippen LogP contribution in [0, 0.1) is 5.92 Å². The second-order valence-corrected chi connectivity index (χ2v) is 5.43. The van der Waals surface area contributed by atoms with Gasteiger partial charge in [-0.25, -0.2) is 9.78 Å². The number of nitrogens with zero attached hydrogens (tertiary/aromatic N) is 2. The predicted molar refractivity (Wildman–Crippen MR) is 81.5 cm³/mol. The minimum atomic E-state index is -0.0763. The molecule has 1 rings (SSSR count). The number of hydrogen-bond donors (Lipinski definition) is 2. The fraction of sp³-hybridized carbons (Fsp3) is 0.733. The van der Waals surface area contributed by atoms with Gasteiger partial charge in [-0.1, -0.05) is 33.1 Å². The third-order valence-corrected chi connectivity index (χ3v) is 3.52. The third kappa shape index (κ3) is 6.59. The quantitative estimate of drug-likeness (QED) is 0.730. The first kappa shape index (κ1) is 16.5. The predicted octanol–water partition coefficient (Wildman–Crippen LogP) is 2.79. The lowest BCUT2D eigenvalue weighted by Gasteiger charge is -2.18. The molecule has 0 aromatic carbocycles. The van der Waals surface area contributed by atoms with Crippen LogP contribution in [0.15, 0.2) is 18.7 Å². The number of amides is 2. The zero-order valence-electron chi connectivity index (χ0n) is 12.9. The van der Waals surface area contributed by atoms with Crippen molar-refractivity contribution in [3.05, 3.63) is 18.7 Å². The molecule has 0 fully saturated rings. The maximum absolute atomic E-state index is 11.8. The van der Waals surface area contributed by atoms with E-state index in [1.165, 1.54) is 19.3 Å². The molecule has 0 aliphatic rings. The SMILES string of the molecule is CCCC[C@@H](CC)CNC(=O)N[C@@H](C)Cn1ccnc1. The molecular weight excluding hydrogens is 252 g/mol. The zero-order chi connectivity index (χ0) is 14.8. The first-order valence-corrected chi connectivity index (χ1v) is 7.65. The summed E-state index contributed by atoms with van der Waals surface area (Å²) in [5, 5.41) is 5.93. The summed E-state index contributed by atoms with van der Waals surface area (Å²) < 4.78 is 1.96. The van der Waals surface area contributed by atoms with E-state index in [-0.39, 0.29) is 12.1 Å². The molecular formula is C15H28N4O. The molecule has 2 atom stereocenters. The number of carbonyl (C=O) groups is 1. The van der Waals surface area contributed by atoms with Gasteiger partial charge in [0.1, 0.15) is 0 Å². The van der Waals surface area contributed by atoms with Gasteiger partial charge in [-0.05, 0) is 19.3 Å². The number of hydrogen-bond acceptors (Lipinski definition) is 2. The van der Waals surface area contributed by atoms with E-state index in [1.54, 1.807) is 12.5 Å². The van der Waals surface area contributed by atoms with Crippen molar-refractivity contribution in [2.24, 2.45) is 5.92 Å². The molecule has 5 heteroatoms. The number of imidazole rings is 1. The molecule has 1 aromatic rings. The Labute approximate surface area is 122 Å². The highest BCUT2D eigenvalue weighted by molar-refractivity contribution is 5.74. The lowest BCUT2D eigenvalue weighted by atomic mass is 9.99. The summed E-state index contributed by atoms with van der Waals surface area (Å²) >= 11 is 0. The Morgan fingerprint density at radius 3 is 2.80 bits per heavy atom. The van der Waals surface area contributed by atoms with E-state index in [2.05, 4.69) is 29.5 Å². The molecule has 0 bridgehead atoms. The Morgan fingerprint density at radius 1 is 1.40 bits per heavy atom. The van der Waals surface area contributed by atoms with Crippen LogP contribution in [-0.2, 0) is 6.54 Å². The number of unbranched alkanes of at least 4 members (excludes halogenated alkanes) is 1. The fourth-order valence-corrected chi connectivity index (χ4v) is 2.21. The van der Waals surface area contributed by atoms with Gasteiger partial charge in [0, 0.05) is 31.5 Å². The zero-order valence-corrected chi connectivity index (χ0v) is 12.9. The Balaban J connectivity index is 2.21. The molecule has 0 saturated carbocycles. The highest BCUT2D eigenvalue weighted by Gasteiger charge is 2.10. The second-order valence-electron chi connectivity index (χ2n) is 5.43. The third-order valence-electron chi connectivity index (χ3n) is 3.52. The number of aromatic nitrogens is 2. The van der Waals surface area contributed by atoms with E-state index < -0.39 is 0 Å². The molecule has 0 saturated heterocycles. The number of urea groups is 1. The number of rotatable bonds is 9.